The van der Waals surface area contributed by atoms with Crippen LogP contribution in [0.1, 0.15) is 36.9 Å². The lowest BCUT2D eigenvalue weighted by Gasteiger charge is -2.37. The molecule has 2 saturated heterocycles. The summed E-state index contributed by atoms with van der Waals surface area (Å²) >= 11 is 0. The molecule has 1 aromatic carbocycles. The van der Waals surface area contributed by atoms with Crippen molar-refractivity contribution in [3.63, 3.8) is 0 Å². The third kappa shape index (κ3) is 5.11. The fraction of sp³-hybridized carbons (Fsp3) is 0.522. The Morgan fingerprint density at radius 3 is 2.39 bits per heavy atom. The predicted octanol–water partition coefficient (Wildman–Crippen LogP) is 1.25. The maximum Gasteiger partial charge on any atom is 0.325 e. The van der Waals surface area contributed by atoms with Crippen molar-refractivity contribution in [2.45, 2.75) is 43.9 Å². The topological polar surface area (TPSA) is 123 Å². The van der Waals surface area contributed by atoms with Gasteiger partial charge in [-0.05, 0) is 50.5 Å². The number of aromatic amines is 2. The van der Waals surface area contributed by atoms with Gasteiger partial charge in [0.05, 0.1) is 5.92 Å². The second-order valence-corrected chi connectivity index (χ2v) is 10.9. The van der Waals surface area contributed by atoms with Crippen LogP contribution in [-0.4, -0.2) is 59.7 Å². The Labute approximate surface area is 192 Å². The lowest BCUT2D eigenvalue weighted by molar-refractivity contribution is -0.138. The van der Waals surface area contributed by atoms with E-state index in [1.165, 1.54) is 16.8 Å². The number of aryl methyl sites for hydroxylation is 1. The quantitative estimate of drug-likeness (QED) is 0.675. The zero-order valence-corrected chi connectivity index (χ0v) is 19.6. The molecule has 2 aromatic rings. The maximum atomic E-state index is 13.2. The molecule has 1 atom stereocenters. The third-order valence-corrected chi connectivity index (χ3v) is 8.72. The normalized spacial score (nSPS) is 20.6. The van der Waals surface area contributed by atoms with Gasteiger partial charge in [0.25, 0.3) is 5.56 Å². The molecule has 0 bridgehead atoms. The van der Waals surface area contributed by atoms with E-state index in [-0.39, 0.29) is 24.7 Å². The average Bonchev–Trinajstić information content (AvgIpc) is 2.79. The van der Waals surface area contributed by atoms with Gasteiger partial charge < -0.3 is 9.88 Å². The number of hydrogen-bond acceptors (Lipinski definition) is 5. The summed E-state index contributed by atoms with van der Waals surface area (Å²) in [6.07, 6.45) is 4.03. The molecule has 0 radical (unpaired) electrons. The zero-order chi connectivity index (χ0) is 23.6. The highest BCUT2D eigenvalue weighted by molar-refractivity contribution is 7.89. The zero-order valence-electron chi connectivity index (χ0n) is 18.7. The van der Waals surface area contributed by atoms with Gasteiger partial charge in [-0.2, -0.15) is 4.31 Å². The molecule has 33 heavy (non-hydrogen) atoms. The fourth-order valence-electron chi connectivity index (χ4n) is 4.95. The minimum Gasteiger partial charge on any atom is -0.342 e. The van der Waals surface area contributed by atoms with Gasteiger partial charge in [0.2, 0.25) is 15.9 Å². The molecule has 2 fully saturated rings. The largest absolute Gasteiger partial charge is 0.342 e. The van der Waals surface area contributed by atoms with Gasteiger partial charge in [-0.15, -0.1) is 0 Å². The molecule has 4 rings (SSSR count). The Morgan fingerprint density at radius 1 is 1.03 bits per heavy atom. The summed E-state index contributed by atoms with van der Waals surface area (Å²) in [6, 6.07) is 10.3. The number of sulfonamides is 1. The van der Waals surface area contributed by atoms with Crippen LogP contribution in [0, 0.1) is 18.8 Å². The number of likely N-dealkylation sites (tertiary alicyclic amines) is 1. The molecule has 1 aromatic heterocycles. The Kier molecular flexibility index (Phi) is 6.85. The van der Waals surface area contributed by atoms with Crippen LogP contribution in [0.15, 0.2) is 44.8 Å². The van der Waals surface area contributed by atoms with Crippen molar-refractivity contribution in [3.8, 4) is 0 Å². The van der Waals surface area contributed by atoms with E-state index in [0.29, 0.717) is 31.8 Å². The first-order chi connectivity index (χ1) is 15.8. The van der Waals surface area contributed by atoms with Crippen molar-refractivity contribution in [3.05, 3.63) is 62.4 Å². The Morgan fingerprint density at radius 2 is 1.73 bits per heavy atom. The van der Waals surface area contributed by atoms with Gasteiger partial charge in [0.15, 0.2) is 4.90 Å². The van der Waals surface area contributed by atoms with Crippen LogP contribution < -0.4 is 11.2 Å². The summed E-state index contributed by atoms with van der Waals surface area (Å²) in [4.78, 5) is 42.6. The summed E-state index contributed by atoms with van der Waals surface area (Å²) in [5, 5.41) is 0. The summed E-state index contributed by atoms with van der Waals surface area (Å²) < 4.78 is 27.5. The van der Waals surface area contributed by atoms with E-state index >= 15 is 0 Å². The average molecular weight is 475 g/mol. The van der Waals surface area contributed by atoms with Gasteiger partial charge in [-0.1, -0.05) is 30.3 Å². The number of amides is 1. The van der Waals surface area contributed by atoms with Crippen molar-refractivity contribution >= 4 is 15.9 Å². The van der Waals surface area contributed by atoms with Crippen molar-refractivity contribution in [1.29, 1.82) is 0 Å². The molecule has 2 N–H and O–H groups in total. The minimum atomic E-state index is -4.13. The van der Waals surface area contributed by atoms with E-state index in [1.807, 2.05) is 28.1 Å². The van der Waals surface area contributed by atoms with Crippen LogP contribution in [0.2, 0.25) is 0 Å². The maximum absolute atomic E-state index is 13.2. The first kappa shape index (κ1) is 23.4. The van der Waals surface area contributed by atoms with Crippen LogP contribution in [0.5, 0.6) is 0 Å². The van der Waals surface area contributed by atoms with E-state index in [1.54, 1.807) is 0 Å². The predicted molar refractivity (Wildman–Crippen MR) is 123 cm³/mol. The number of benzene rings is 1. The number of aromatic nitrogens is 2. The lowest BCUT2D eigenvalue weighted by Crippen LogP contribution is -2.49. The molecule has 1 amide bonds. The number of carbonyl (C=O) groups is 1. The van der Waals surface area contributed by atoms with Crippen molar-refractivity contribution in [2.75, 3.05) is 26.2 Å². The van der Waals surface area contributed by atoms with Gasteiger partial charge in [-0.3, -0.25) is 14.6 Å². The number of hydrogen-bond donors (Lipinski definition) is 2. The minimum absolute atomic E-state index is 0.00214. The molecule has 3 heterocycles. The number of piperidine rings is 2. The van der Waals surface area contributed by atoms with E-state index in [0.717, 1.165) is 19.3 Å². The molecule has 9 nitrogen and oxygen atoms in total. The second kappa shape index (κ2) is 9.64. The van der Waals surface area contributed by atoms with Gasteiger partial charge in [0.1, 0.15) is 0 Å². The number of rotatable bonds is 5. The highest BCUT2D eigenvalue weighted by Gasteiger charge is 2.37. The van der Waals surface area contributed by atoms with Gasteiger partial charge in [0, 0.05) is 31.9 Å². The van der Waals surface area contributed by atoms with Crippen LogP contribution in [0.4, 0.5) is 0 Å². The molecule has 0 saturated carbocycles. The summed E-state index contributed by atoms with van der Waals surface area (Å²) in [5.41, 5.74) is -0.385. The number of nitrogens with one attached hydrogen (secondary N) is 2. The van der Waals surface area contributed by atoms with E-state index < -0.39 is 32.1 Å². The molecular formula is C23H30N4O5S. The summed E-state index contributed by atoms with van der Waals surface area (Å²) in [6.45, 7) is 3.03. The molecule has 0 unspecified atom stereocenters. The lowest BCUT2D eigenvalue weighted by atomic mass is 9.89. The van der Waals surface area contributed by atoms with Crippen molar-refractivity contribution in [1.82, 2.24) is 19.2 Å². The Balaban J connectivity index is 1.40. The van der Waals surface area contributed by atoms with Gasteiger partial charge in [-0.25, -0.2) is 13.2 Å². The summed E-state index contributed by atoms with van der Waals surface area (Å²) in [5.74, 6) is 0.0936. The highest BCUT2D eigenvalue weighted by atomic mass is 32.2. The van der Waals surface area contributed by atoms with E-state index in [4.69, 9.17) is 0 Å². The molecule has 178 valence electrons. The Hall–Kier alpha value is -2.72. The van der Waals surface area contributed by atoms with E-state index in [9.17, 15) is 22.8 Å². The first-order valence-electron chi connectivity index (χ1n) is 11.4. The molecule has 0 spiro atoms. The van der Waals surface area contributed by atoms with Crippen molar-refractivity contribution in [2.24, 2.45) is 11.8 Å². The summed E-state index contributed by atoms with van der Waals surface area (Å²) in [7, 11) is -4.13. The van der Waals surface area contributed by atoms with Crippen LogP contribution in [0.25, 0.3) is 0 Å². The fourth-order valence-corrected chi connectivity index (χ4v) is 6.68. The second-order valence-electron chi connectivity index (χ2n) is 9.02. The molecular weight excluding hydrogens is 444 g/mol. The number of nitrogens with zero attached hydrogens (tertiary/aromatic N) is 2. The van der Waals surface area contributed by atoms with Crippen molar-refractivity contribution < 1.29 is 13.2 Å². The SMILES string of the molecule is Cc1[nH]c(=O)[nH]c(=O)c1S(=O)(=O)N1CCC[C@@H](C(=O)N2CCC(Cc3ccccc3)CC2)C1. The van der Waals surface area contributed by atoms with Gasteiger partial charge >= 0.3 is 5.69 Å². The van der Waals surface area contributed by atoms with E-state index in [2.05, 4.69) is 17.1 Å². The van der Waals surface area contributed by atoms with Crippen LogP contribution >= 0.6 is 0 Å². The molecule has 2 aliphatic heterocycles. The molecule has 0 aliphatic carbocycles. The third-order valence-electron chi connectivity index (χ3n) is 6.70. The molecule has 2 aliphatic rings. The monoisotopic (exact) mass is 474 g/mol. The molecule has 10 heteroatoms. The van der Waals surface area contributed by atoms with Crippen LogP contribution in [-0.2, 0) is 21.2 Å². The number of H-pyrrole nitrogens is 2. The standard InChI is InChI=1S/C23H30N4O5S/c1-16-20(21(28)25-23(30)24-16)33(31,32)27-11-5-8-19(15-27)22(29)26-12-9-18(10-13-26)14-17-6-3-2-4-7-17/h2-4,6-7,18-19H,5,8-15H2,1H3,(H2,24,25,28,30)/t19-/m1/s1. The first-order valence-corrected chi connectivity index (χ1v) is 12.9. The van der Waals surface area contributed by atoms with Crippen LogP contribution in [0.3, 0.4) is 0 Å². The number of carbonyl (C=O) groups excluding carboxylic acids is 1. The smallest absolute Gasteiger partial charge is 0.325 e. The Bertz CT molecular complexity index is 1210. The highest BCUT2D eigenvalue weighted by Crippen LogP contribution is 2.27.